The molecule has 1 heterocycles. The molecule has 1 fully saturated rings. The number of alkyl halides is 1. The quantitative estimate of drug-likeness (QED) is 0.359. The minimum Gasteiger partial charge on any atom is -0.419 e. The van der Waals surface area contributed by atoms with E-state index in [1.54, 1.807) is 0 Å². The average molecular weight is 346 g/mol. The molecule has 0 aliphatic carbocycles. The van der Waals surface area contributed by atoms with Crippen LogP contribution in [0.2, 0.25) is 0 Å². The fourth-order valence-corrected chi connectivity index (χ4v) is 3.14. The Hall–Kier alpha value is -1.10. The standard InChI is InChI=1S/C10H16FO10P/c1-4-7(14)8(15)9(11,20-5(2)12)10(19-4,21-6(3)13)22(16,17)18/h4,7-8,14-15H,1-3H3,(H2,16,17,18)/t4-,7+,8+,9-,10-/m0/s1. The van der Waals surface area contributed by atoms with Crippen molar-refractivity contribution in [1.82, 2.24) is 0 Å². The number of halogens is 1. The Morgan fingerprint density at radius 3 is 2.00 bits per heavy atom. The maximum absolute atomic E-state index is 15.1. The van der Waals surface area contributed by atoms with Gasteiger partial charge in [0.2, 0.25) is 0 Å². The first-order valence-electron chi connectivity index (χ1n) is 5.96. The van der Waals surface area contributed by atoms with Gasteiger partial charge in [0.1, 0.15) is 6.10 Å². The first kappa shape index (κ1) is 18.9. The monoisotopic (exact) mass is 346 g/mol. The van der Waals surface area contributed by atoms with E-state index >= 15 is 4.39 Å². The Bertz CT molecular complexity index is 520. The number of aliphatic hydroxyl groups is 2. The van der Waals surface area contributed by atoms with Crippen molar-refractivity contribution in [2.45, 2.75) is 50.5 Å². The first-order valence-corrected chi connectivity index (χ1v) is 7.57. The van der Waals surface area contributed by atoms with Crippen LogP contribution in [-0.4, -0.2) is 61.6 Å². The van der Waals surface area contributed by atoms with Gasteiger partial charge in [0, 0.05) is 13.8 Å². The van der Waals surface area contributed by atoms with Crippen LogP contribution in [0.25, 0.3) is 0 Å². The molecule has 5 atom stereocenters. The average Bonchev–Trinajstić information content (AvgIpc) is 2.31. The van der Waals surface area contributed by atoms with Gasteiger partial charge in [0.25, 0.3) is 0 Å². The molecule has 1 saturated heterocycles. The van der Waals surface area contributed by atoms with Crippen LogP contribution in [0.5, 0.6) is 0 Å². The fraction of sp³-hybridized carbons (Fsp3) is 0.800. The maximum Gasteiger partial charge on any atom is 0.405 e. The predicted molar refractivity (Wildman–Crippen MR) is 64.7 cm³/mol. The third-order valence-electron chi connectivity index (χ3n) is 2.92. The number of esters is 2. The van der Waals surface area contributed by atoms with Gasteiger partial charge < -0.3 is 34.2 Å². The van der Waals surface area contributed by atoms with Crippen molar-refractivity contribution in [2.75, 3.05) is 0 Å². The van der Waals surface area contributed by atoms with Crippen LogP contribution >= 0.6 is 7.60 Å². The van der Waals surface area contributed by atoms with Crippen LogP contribution in [0, 0.1) is 0 Å². The topological polar surface area (TPSA) is 160 Å². The van der Waals surface area contributed by atoms with Crippen molar-refractivity contribution < 1.29 is 52.8 Å². The number of rotatable bonds is 3. The number of hydrogen-bond acceptors (Lipinski definition) is 8. The SMILES string of the molecule is CC(=O)O[C@@]1(P(=O)(O)O)O[C@@H](C)[C@@H](O)[C@@H](O)[C@]1(F)OC(C)=O. The van der Waals surface area contributed by atoms with Crippen molar-refractivity contribution in [3.63, 3.8) is 0 Å². The van der Waals surface area contributed by atoms with E-state index < -0.39 is 49.2 Å². The molecule has 12 heteroatoms. The summed E-state index contributed by atoms with van der Waals surface area (Å²) in [6.07, 6.45) is -6.21. The fourth-order valence-electron chi connectivity index (χ4n) is 2.01. The summed E-state index contributed by atoms with van der Waals surface area (Å²) in [4.78, 5) is 41.0. The van der Waals surface area contributed by atoms with E-state index in [4.69, 9.17) is 0 Å². The van der Waals surface area contributed by atoms with E-state index in [1.165, 1.54) is 0 Å². The summed E-state index contributed by atoms with van der Waals surface area (Å²) >= 11 is 0. The second-order valence-corrected chi connectivity index (χ2v) is 6.39. The summed E-state index contributed by atoms with van der Waals surface area (Å²) in [7, 11) is -5.79. The summed E-state index contributed by atoms with van der Waals surface area (Å²) in [5, 5.41) is 19.4. The van der Waals surface area contributed by atoms with Crippen LogP contribution in [0.4, 0.5) is 4.39 Å². The molecule has 1 aliphatic heterocycles. The lowest BCUT2D eigenvalue weighted by Gasteiger charge is -2.50. The van der Waals surface area contributed by atoms with Crippen LogP contribution < -0.4 is 0 Å². The molecule has 0 bridgehead atoms. The van der Waals surface area contributed by atoms with Gasteiger partial charge in [-0.15, -0.1) is 0 Å². The van der Waals surface area contributed by atoms with Gasteiger partial charge in [-0.25, -0.2) is 0 Å². The Balaban J connectivity index is 3.61. The Labute approximate surface area is 123 Å². The zero-order valence-electron chi connectivity index (χ0n) is 11.8. The normalized spacial score (nSPS) is 39.2. The highest BCUT2D eigenvalue weighted by atomic mass is 31.2. The third-order valence-corrected chi connectivity index (χ3v) is 4.19. The minimum absolute atomic E-state index is 0.677. The summed E-state index contributed by atoms with van der Waals surface area (Å²) in [5.41, 5.74) is -3.75. The second kappa shape index (κ2) is 5.84. The molecule has 0 saturated carbocycles. The van der Waals surface area contributed by atoms with Crippen LogP contribution in [0.3, 0.4) is 0 Å². The summed E-state index contributed by atoms with van der Waals surface area (Å²) < 4.78 is 39.9. The molecule has 0 aromatic carbocycles. The van der Waals surface area contributed by atoms with E-state index in [0.29, 0.717) is 13.8 Å². The summed E-state index contributed by atoms with van der Waals surface area (Å²) in [5.74, 6) is -6.82. The molecule has 10 nitrogen and oxygen atoms in total. The molecule has 1 rings (SSSR count). The molecule has 128 valence electrons. The second-order valence-electron chi connectivity index (χ2n) is 4.72. The molecule has 1 aliphatic rings. The van der Waals surface area contributed by atoms with E-state index in [0.717, 1.165) is 6.92 Å². The molecule has 0 amide bonds. The molecule has 0 unspecified atom stereocenters. The largest absolute Gasteiger partial charge is 0.419 e. The zero-order chi connectivity index (χ0) is 17.5. The van der Waals surface area contributed by atoms with Crippen LogP contribution in [0.15, 0.2) is 0 Å². The minimum atomic E-state index is -5.79. The van der Waals surface area contributed by atoms with Crippen molar-refractivity contribution >= 4 is 19.5 Å². The molecular weight excluding hydrogens is 330 g/mol. The number of aliphatic hydroxyl groups excluding tert-OH is 2. The number of ether oxygens (including phenoxy) is 3. The van der Waals surface area contributed by atoms with Gasteiger partial charge in [0.05, 0.1) is 6.10 Å². The number of carbonyl (C=O) groups excluding carboxylic acids is 2. The summed E-state index contributed by atoms with van der Waals surface area (Å²) in [6, 6.07) is 0. The smallest absolute Gasteiger partial charge is 0.405 e. The van der Waals surface area contributed by atoms with Gasteiger partial charge in [-0.3, -0.25) is 14.2 Å². The van der Waals surface area contributed by atoms with Crippen molar-refractivity contribution in [3.05, 3.63) is 0 Å². The highest BCUT2D eigenvalue weighted by Gasteiger charge is 2.78. The first-order chi connectivity index (χ1) is 9.78. The molecule has 22 heavy (non-hydrogen) atoms. The lowest BCUT2D eigenvalue weighted by atomic mass is 9.97. The number of hydrogen-bond donors (Lipinski definition) is 4. The van der Waals surface area contributed by atoms with E-state index in [1.807, 2.05) is 0 Å². The Morgan fingerprint density at radius 2 is 1.64 bits per heavy atom. The lowest BCUT2D eigenvalue weighted by Crippen LogP contribution is -2.72. The van der Waals surface area contributed by atoms with Gasteiger partial charge in [-0.2, -0.15) is 4.39 Å². The van der Waals surface area contributed by atoms with Crippen molar-refractivity contribution in [1.29, 1.82) is 0 Å². The summed E-state index contributed by atoms with van der Waals surface area (Å²) in [6.45, 7) is 2.41. The van der Waals surface area contributed by atoms with Crippen LogP contribution in [0.1, 0.15) is 20.8 Å². The van der Waals surface area contributed by atoms with E-state index in [9.17, 15) is 34.2 Å². The molecular formula is C10H16FO10P. The Morgan fingerprint density at radius 1 is 1.18 bits per heavy atom. The highest BCUT2D eigenvalue weighted by Crippen LogP contribution is 2.62. The molecule has 4 N–H and O–H groups in total. The van der Waals surface area contributed by atoms with Gasteiger partial charge >= 0.3 is 30.9 Å². The maximum atomic E-state index is 15.1. The van der Waals surface area contributed by atoms with Crippen molar-refractivity contribution in [3.8, 4) is 0 Å². The molecule has 0 radical (unpaired) electrons. The van der Waals surface area contributed by atoms with Crippen LogP contribution in [-0.2, 0) is 28.4 Å². The molecule has 0 aromatic rings. The van der Waals surface area contributed by atoms with Gasteiger partial charge in [-0.05, 0) is 6.92 Å². The Kier molecular flexibility index (Phi) is 5.03. The highest BCUT2D eigenvalue weighted by molar-refractivity contribution is 7.53. The zero-order valence-corrected chi connectivity index (χ0v) is 12.7. The van der Waals surface area contributed by atoms with E-state index in [2.05, 4.69) is 14.2 Å². The lowest BCUT2D eigenvalue weighted by molar-refractivity contribution is -0.392. The van der Waals surface area contributed by atoms with Gasteiger partial charge in [0.15, 0.2) is 6.10 Å². The number of carbonyl (C=O) groups is 2. The predicted octanol–water partition coefficient (Wildman–Crippen LogP) is -1.25. The third kappa shape index (κ3) is 2.87. The van der Waals surface area contributed by atoms with Gasteiger partial charge in [-0.1, -0.05) is 0 Å². The molecule has 0 spiro atoms. The van der Waals surface area contributed by atoms with E-state index in [-0.39, 0.29) is 0 Å². The molecule has 0 aromatic heterocycles. The van der Waals surface area contributed by atoms with Crippen molar-refractivity contribution in [2.24, 2.45) is 0 Å².